The molecule has 16 nitrogen and oxygen atoms in total. The van der Waals surface area contributed by atoms with E-state index in [1.54, 1.807) is 32.0 Å². The number of fused-ring (bicyclic) bond motifs is 1. The average Bonchev–Trinajstić information content (AvgIpc) is 3.58. The Balaban J connectivity index is 1.80. The Bertz CT molecular complexity index is 1720. The van der Waals surface area contributed by atoms with Crippen LogP contribution in [0.5, 0.6) is 0 Å². The second kappa shape index (κ2) is 21.0. The molecule has 1 aromatic heterocycles. The largest absolute Gasteiger partial charge is 0.423 e. The van der Waals surface area contributed by atoms with Gasteiger partial charge in [-0.15, -0.1) is 0 Å². The lowest BCUT2D eigenvalue weighted by Gasteiger charge is -2.30. The Hall–Kier alpha value is -4.90. The molecule has 2 aromatic rings. The van der Waals surface area contributed by atoms with Crippen LogP contribution in [0, 0.1) is 6.92 Å². The monoisotopic (exact) mass is 756 g/mol. The summed E-state index contributed by atoms with van der Waals surface area (Å²) in [4.78, 5) is 92.0. The number of nitrogens with two attached hydrogens (primary N) is 2. The quantitative estimate of drug-likeness (QED) is 0.0571. The molecule has 0 spiro atoms. The number of nitrogens with one attached hydrogen (secondary N) is 5. The molecule has 0 radical (unpaired) electrons. The van der Waals surface area contributed by atoms with Crippen molar-refractivity contribution in [1.82, 2.24) is 26.2 Å². The zero-order valence-corrected chi connectivity index (χ0v) is 31.4. The first-order chi connectivity index (χ1) is 25.2. The van der Waals surface area contributed by atoms with Gasteiger partial charge in [0.15, 0.2) is 0 Å². The zero-order chi connectivity index (χ0) is 39.1. The first kappa shape index (κ1) is 42.5. The SMILES string of the molecule is CC(=O)N[C@@H](CCC(N)=O)C(=O)N1CCC[C@H]1C(=O)N[C@@H](CCCCN)C(=O)N[C@@H](CCCCNC(C)=S)C(=O)Nc1ccc2c(C)cc(=O)oc2c1. The smallest absolute Gasteiger partial charge is 0.336 e. The summed E-state index contributed by atoms with van der Waals surface area (Å²) < 4.78 is 5.33. The lowest BCUT2D eigenvalue weighted by Crippen LogP contribution is -2.57. The van der Waals surface area contributed by atoms with Gasteiger partial charge < -0.3 is 47.4 Å². The molecule has 6 amide bonds. The van der Waals surface area contributed by atoms with Gasteiger partial charge in [0.2, 0.25) is 35.4 Å². The Labute approximate surface area is 313 Å². The summed E-state index contributed by atoms with van der Waals surface area (Å²) in [6, 6.07) is 2.29. The number of unbranched alkanes of at least 4 members (excludes halogenated alkanes) is 2. The highest BCUT2D eigenvalue weighted by atomic mass is 32.1. The fraction of sp³-hybridized carbons (Fsp3) is 0.556. The van der Waals surface area contributed by atoms with E-state index in [9.17, 15) is 33.6 Å². The molecule has 0 bridgehead atoms. The number of likely N-dealkylation sites (tertiary alicyclic amines) is 1. The Morgan fingerprint density at radius 2 is 1.62 bits per heavy atom. The third-order valence-electron chi connectivity index (χ3n) is 8.92. The normalized spacial score (nSPS) is 15.5. The molecule has 0 saturated carbocycles. The van der Waals surface area contributed by atoms with Crippen molar-refractivity contribution in [3.05, 3.63) is 40.2 Å². The van der Waals surface area contributed by atoms with Gasteiger partial charge in [-0.05, 0) is 95.9 Å². The van der Waals surface area contributed by atoms with Crippen LogP contribution >= 0.6 is 12.2 Å². The van der Waals surface area contributed by atoms with Crippen LogP contribution in [0.1, 0.15) is 83.6 Å². The topological polar surface area (TPSA) is 248 Å². The average molecular weight is 757 g/mol. The molecule has 290 valence electrons. The molecule has 9 N–H and O–H groups in total. The highest BCUT2D eigenvalue weighted by molar-refractivity contribution is 7.80. The number of carbonyl (C=O) groups is 6. The minimum Gasteiger partial charge on any atom is -0.423 e. The van der Waals surface area contributed by atoms with E-state index in [0.717, 1.165) is 5.56 Å². The predicted octanol–water partition coefficient (Wildman–Crippen LogP) is 1.01. The number of aryl methyl sites for hydroxylation is 1. The van der Waals surface area contributed by atoms with Gasteiger partial charge in [0.1, 0.15) is 29.8 Å². The van der Waals surface area contributed by atoms with Crippen LogP contribution < -0.4 is 43.7 Å². The number of rotatable bonds is 20. The van der Waals surface area contributed by atoms with Gasteiger partial charge in [0, 0.05) is 49.6 Å². The number of hydrogen-bond donors (Lipinski definition) is 7. The van der Waals surface area contributed by atoms with Crippen molar-refractivity contribution < 1.29 is 33.2 Å². The van der Waals surface area contributed by atoms with Crippen molar-refractivity contribution in [2.24, 2.45) is 11.5 Å². The molecule has 0 unspecified atom stereocenters. The molecule has 1 fully saturated rings. The molecule has 0 aliphatic carbocycles. The number of nitrogens with zero attached hydrogens (tertiary/aromatic N) is 1. The van der Waals surface area contributed by atoms with Gasteiger partial charge >= 0.3 is 5.63 Å². The second-order valence-corrected chi connectivity index (χ2v) is 13.9. The first-order valence-electron chi connectivity index (χ1n) is 18.0. The molecule has 1 aromatic carbocycles. The van der Waals surface area contributed by atoms with Crippen molar-refractivity contribution in [2.45, 2.75) is 109 Å². The number of amides is 6. The predicted molar refractivity (Wildman–Crippen MR) is 204 cm³/mol. The highest BCUT2D eigenvalue weighted by Gasteiger charge is 2.39. The van der Waals surface area contributed by atoms with Gasteiger partial charge in [-0.1, -0.05) is 12.2 Å². The van der Waals surface area contributed by atoms with Gasteiger partial charge in [0.05, 0.1) is 4.99 Å². The highest BCUT2D eigenvalue weighted by Crippen LogP contribution is 2.22. The van der Waals surface area contributed by atoms with E-state index in [2.05, 4.69) is 26.6 Å². The van der Waals surface area contributed by atoms with Crippen LogP contribution in [0.4, 0.5) is 5.69 Å². The fourth-order valence-electron chi connectivity index (χ4n) is 6.23. The van der Waals surface area contributed by atoms with Crippen LogP contribution in [0.3, 0.4) is 0 Å². The summed E-state index contributed by atoms with van der Waals surface area (Å²) >= 11 is 5.08. The summed E-state index contributed by atoms with van der Waals surface area (Å²) in [6.45, 7) is 5.99. The maximum Gasteiger partial charge on any atom is 0.336 e. The minimum absolute atomic E-state index is 0.0271. The summed E-state index contributed by atoms with van der Waals surface area (Å²) in [5.74, 6) is -3.29. The third kappa shape index (κ3) is 13.5. The van der Waals surface area contributed by atoms with Crippen molar-refractivity contribution in [3.63, 3.8) is 0 Å². The van der Waals surface area contributed by atoms with Crippen molar-refractivity contribution in [3.8, 4) is 0 Å². The fourth-order valence-corrected chi connectivity index (χ4v) is 6.34. The van der Waals surface area contributed by atoms with Gasteiger partial charge in [0.25, 0.3) is 0 Å². The molecule has 53 heavy (non-hydrogen) atoms. The standard InChI is InChI=1S/C36H52N8O8S/c1-21-19-32(47)52-30-20-24(12-13-25(21)30)41-33(48)26(10-5-7-17-39-23(3)53)42-34(49)27(9-4-6-16-37)43-35(50)29-11-8-18-44(29)36(51)28(40-22(2)45)14-15-31(38)46/h12-13,19-20,26-29H,4-11,14-18,37H2,1-3H3,(H2,38,46)(H,39,53)(H,40,45)(H,41,48)(H,42,49)(H,43,50)/t26-,27-,28-,29-/m0/s1. The molecule has 17 heteroatoms. The minimum atomic E-state index is -1.06. The molecule has 3 rings (SSSR count). The van der Waals surface area contributed by atoms with Crippen molar-refractivity contribution >= 4 is 69.3 Å². The summed E-state index contributed by atoms with van der Waals surface area (Å²) in [6.07, 6.45) is 3.44. The van der Waals surface area contributed by atoms with Crippen LogP contribution in [0.2, 0.25) is 0 Å². The van der Waals surface area contributed by atoms with Crippen LogP contribution in [0.15, 0.2) is 33.5 Å². The van der Waals surface area contributed by atoms with Gasteiger partial charge in [-0.25, -0.2) is 4.79 Å². The Morgan fingerprint density at radius 3 is 2.28 bits per heavy atom. The van der Waals surface area contributed by atoms with E-state index in [4.69, 9.17) is 28.1 Å². The van der Waals surface area contributed by atoms with Gasteiger partial charge in [-0.2, -0.15) is 0 Å². The Morgan fingerprint density at radius 1 is 0.925 bits per heavy atom. The van der Waals surface area contributed by atoms with Crippen LogP contribution in [-0.2, 0) is 28.8 Å². The lowest BCUT2D eigenvalue weighted by molar-refractivity contribution is -0.142. The van der Waals surface area contributed by atoms with E-state index in [-0.39, 0.29) is 32.2 Å². The number of anilines is 1. The molecular weight excluding hydrogens is 705 g/mol. The number of thiocarbonyl (C=S) groups is 1. The molecule has 1 aliphatic heterocycles. The molecule has 1 aliphatic rings. The summed E-state index contributed by atoms with van der Waals surface area (Å²) in [7, 11) is 0. The molecular formula is C36H52N8O8S. The summed E-state index contributed by atoms with van der Waals surface area (Å²) in [5, 5.41) is 14.8. The lowest BCUT2D eigenvalue weighted by atomic mass is 10.0. The maximum absolute atomic E-state index is 13.9. The number of benzene rings is 1. The first-order valence-corrected chi connectivity index (χ1v) is 18.4. The Kier molecular flexibility index (Phi) is 16.8. The van der Waals surface area contributed by atoms with Crippen LogP contribution in [0.25, 0.3) is 11.0 Å². The van der Waals surface area contributed by atoms with E-state index < -0.39 is 65.2 Å². The zero-order valence-electron chi connectivity index (χ0n) is 30.6. The number of primary amides is 1. The van der Waals surface area contributed by atoms with E-state index >= 15 is 0 Å². The van der Waals surface area contributed by atoms with E-state index in [1.165, 1.54) is 17.9 Å². The summed E-state index contributed by atoms with van der Waals surface area (Å²) in [5.41, 5.74) is 11.8. The molecule has 2 heterocycles. The van der Waals surface area contributed by atoms with Crippen LogP contribution in [-0.4, -0.2) is 89.1 Å². The van der Waals surface area contributed by atoms with E-state index in [1.807, 2.05) is 0 Å². The van der Waals surface area contributed by atoms with E-state index in [0.29, 0.717) is 73.3 Å². The van der Waals surface area contributed by atoms with Gasteiger partial charge in [-0.3, -0.25) is 28.8 Å². The second-order valence-electron chi connectivity index (χ2n) is 13.3. The van der Waals surface area contributed by atoms with Crippen molar-refractivity contribution in [1.29, 1.82) is 0 Å². The maximum atomic E-state index is 13.9. The number of carbonyl (C=O) groups excluding carboxylic acids is 6. The molecule has 4 atom stereocenters. The molecule has 1 saturated heterocycles. The van der Waals surface area contributed by atoms with Crippen molar-refractivity contribution in [2.75, 3.05) is 25.0 Å². The third-order valence-corrected chi connectivity index (χ3v) is 9.06. The number of hydrogen-bond acceptors (Lipinski definition) is 10.